The fourth-order valence-electron chi connectivity index (χ4n) is 3.06. The summed E-state index contributed by atoms with van der Waals surface area (Å²) in [5.41, 5.74) is -1.66. The Morgan fingerprint density at radius 3 is 2.96 bits per heavy atom. The second-order valence-corrected chi connectivity index (χ2v) is 6.47. The highest BCUT2D eigenvalue weighted by Gasteiger charge is 2.44. The number of benzene rings is 1. The lowest BCUT2D eigenvalue weighted by Gasteiger charge is -2.41. The van der Waals surface area contributed by atoms with Crippen LogP contribution in [0.15, 0.2) is 18.2 Å². The van der Waals surface area contributed by atoms with Crippen molar-refractivity contribution in [2.45, 2.75) is 31.0 Å². The van der Waals surface area contributed by atoms with Crippen molar-refractivity contribution in [2.75, 3.05) is 33.4 Å². The van der Waals surface area contributed by atoms with Crippen LogP contribution >= 0.6 is 11.6 Å². The van der Waals surface area contributed by atoms with Gasteiger partial charge < -0.3 is 24.6 Å². The van der Waals surface area contributed by atoms with Crippen LogP contribution in [0.5, 0.6) is 0 Å². The van der Waals surface area contributed by atoms with Crippen molar-refractivity contribution in [3.8, 4) is 0 Å². The zero-order valence-corrected chi connectivity index (χ0v) is 14.8. The number of unbranched alkanes of at least 4 members (excludes halogenated alkanes) is 1. The number of carboxylic acid groups (broad SMARTS) is 1. The number of rotatable bonds is 7. The molecule has 0 saturated carbocycles. The van der Waals surface area contributed by atoms with E-state index in [1.54, 1.807) is 13.2 Å². The van der Waals surface area contributed by atoms with Gasteiger partial charge in [-0.1, -0.05) is 23.7 Å². The smallest absolute Gasteiger partial charge is 0.407 e. The summed E-state index contributed by atoms with van der Waals surface area (Å²) in [7, 11) is 1.58. The highest BCUT2D eigenvalue weighted by Crippen LogP contribution is 2.37. The molecule has 6 nitrogen and oxygen atoms in total. The van der Waals surface area contributed by atoms with Gasteiger partial charge in [0.1, 0.15) is 17.5 Å². The minimum atomic E-state index is -1.68. The van der Waals surface area contributed by atoms with Crippen molar-refractivity contribution in [1.82, 2.24) is 4.90 Å². The molecule has 0 radical (unpaired) electrons. The first kappa shape index (κ1) is 19.9. The number of carbonyl (C=O) groups is 1. The molecule has 2 atom stereocenters. The Kier molecular flexibility index (Phi) is 7.01. The molecule has 1 aromatic carbocycles. The van der Waals surface area contributed by atoms with Crippen molar-refractivity contribution in [3.05, 3.63) is 34.6 Å². The lowest BCUT2D eigenvalue weighted by molar-refractivity contribution is -0.149. The van der Waals surface area contributed by atoms with Crippen LogP contribution in [-0.4, -0.2) is 60.7 Å². The Labute approximate surface area is 151 Å². The van der Waals surface area contributed by atoms with Crippen LogP contribution in [0.2, 0.25) is 5.02 Å². The van der Waals surface area contributed by atoms with E-state index in [0.717, 1.165) is 4.90 Å². The Morgan fingerprint density at radius 1 is 1.52 bits per heavy atom. The van der Waals surface area contributed by atoms with Crippen LogP contribution in [0, 0.1) is 5.82 Å². The zero-order chi connectivity index (χ0) is 18.4. The van der Waals surface area contributed by atoms with Crippen LogP contribution < -0.4 is 0 Å². The summed E-state index contributed by atoms with van der Waals surface area (Å²) in [5.74, 6) is -0.713. The summed E-state index contributed by atoms with van der Waals surface area (Å²) in [4.78, 5) is 12.4. The van der Waals surface area contributed by atoms with Gasteiger partial charge in [-0.05, 0) is 25.3 Å². The minimum Gasteiger partial charge on any atom is -0.465 e. The van der Waals surface area contributed by atoms with Crippen LogP contribution in [0.4, 0.5) is 9.18 Å². The molecule has 1 aliphatic rings. The van der Waals surface area contributed by atoms with Crippen LogP contribution in [-0.2, 0) is 15.1 Å². The number of nitrogens with zero attached hydrogens (tertiary/aromatic N) is 1. The molecular weight excluding hydrogens is 353 g/mol. The van der Waals surface area contributed by atoms with Crippen molar-refractivity contribution in [3.63, 3.8) is 0 Å². The number of ether oxygens (including phenoxy) is 2. The SMILES string of the molecule is COCCCCC(O)(c1cccc(Cl)c1F)C1CN(C(=O)O)CCO1. The van der Waals surface area contributed by atoms with E-state index in [1.165, 1.54) is 12.1 Å². The maximum atomic E-state index is 14.6. The molecule has 2 N–H and O–H groups in total. The lowest BCUT2D eigenvalue weighted by Crippen LogP contribution is -2.54. The number of halogens is 2. The molecule has 0 aliphatic carbocycles. The van der Waals surface area contributed by atoms with Gasteiger partial charge in [0.15, 0.2) is 0 Å². The van der Waals surface area contributed by atoms with E-state index < -0.39 is 23.6 Å². The lowest BCUT2D eigenvalue weighted by atomic mass is 9.82. The number of amides is 1. The molecule has 2 rings (SSSR count). The average molecular weight is 376 g/mol. The van der Waals surface area contributed by atoms with E-state index in [0.29, 0.717) is 19.4 Å². The summed E-state index contributed by atoms with van der Waals surface area (Å²) < 4.78 is 25.2. The van der Waals surface area contributed by atoms with E-state index in [2.05, 4.69) is 0 Å². The first-order valence-corrected chi connectivity index (χ1v) is 8.53. The van der Waals surface area contributed by atoms with Gasteiger partial charge in [-0.2, -0.15) is 0 Å². The second-order valence-electron chi connectivity index (χ2n) is 6.06. The van der Waals surface area contributed by atoms with Gasteiger partial charge >= 0.3 is 6.09 Å². The van der Waals surface area contributed by atoms with Gasteiger partial charge in [0.2, 0.25) is 0 Å². The van der Waals surface area contributed by atoms with Crippen molar-refractivity contribution < 1.29 is 28.9 Å². The van der Waals surface area contributed by atoms with Crippen molar-refractivity contribution in [1.29, 1.82) is 0 Å². The maximum Gasteiger partial charge on any atom is 0.407 e. The third-order valence-electron chi connectivity index (χ3n) is 4.44. The minimum absolute atomic E-state index is 0.0228. The van der Waals surface area contributed by atoms with Gasteiger partial charge in [-0.15, -0.1) is 0 Å². The monoisotopic (exact) mass is 375 g/mol. The van der Waals surface area contributed by atoms with Crippen LogP contribution in [0.25, 0.3) is 0 Å². The van der Waals surface area contributed by atoms with Gasteiger partial charge in [-0.25, -0.2) is 9.18 Å². The molecule has 0 aromatic heterocycles. The molecule has 1 fully saturated rings. The van der Waals surface area contributed by atoms with Gasteiger partial charge in [0, 0.05) is 25.8 Å². The summed E-state index contributed by atoms with van der Waals surface area (Å²) in [5, 5.41) is 20.4. The maximum absolute atomic E-state index is 14.6. The highest BCUT2D eigenvalue weighted by molar-refractivity contribution is 6.30. The molecule has 140 valence electrons. The third-order valence-corrected chi connectivity index (χ3v) is 4.74. The standard InChI is InChI=1S/C17H23ClFNO5/c1-24-9-3-2-7-17(23,12-5-4-6-13(18)15(12)19)14-11-20(16(21)22)8-10-25-14/h4-6,14,23H,2-3,7-11H2,1H3,(H,21,22). The first-order valence-electron chi connectivity index (χ1n) is 8.15. The van der Waals surface area contributed by atoms with Crippen LogP contribution in [0.1, 0.15) is 24.8 Å². The average Bonchev–Trinajstić information content (AvgIpc) is 2.61. The summed E-state index contributed by atoms with van der Waals surface area (Å²) >= 11 is 5.87. The Hall–Kier alpha value is -1.41. The highest BCUT2D eigenvalue weighted by atomic mass is 35.5. The summed E-state index contributed by atoms with van der Waals surface area (Å²) in [6.45, 7) is 0.825. The van der Waals surface area contributed by atoms with Crippen molar-refractivity contribution >= 4 is 17.7 Å². The van der Waals surface area contributed by atoms with Gasteiger partial charge in [0.25, 0.3) is 0 Å². The predicted molar refractivity (Wildman–Crippen MR) is 90.4 cm³/mol. The molecule has 0 bridgehead atoms. The molecule has 2 unspecified atom stereocenters. The Bertz CT molecular complexity index is 602. The molecule has 1 saturated heterocycles. The van der Waals surface area contributed by atoms with Gasteiger partial charge in [0.05, 0.1) is 18.2 Å². The van der Waals surface area contributed by atoms with Crippen LogP contribution in [0.3, 0.4) is 0 Å². The number of methoxy groups -OCH3 is 1. The first-order chi connectivity index (χ1) is 11.9. The third kappa shape index (κ3) is 4.61. The molecule has 8 heteroatoms. The summed E-state index contributed by atoms with van der Waals surface area (Å²) in [6, 6.07) is 4.41. The number of aliphatic hydroxyl groups is 1. The molecule has 25 heavy (non-hydrogen) atoms. The number of morpholine rings is 1. The number of hydrogen-bond acceptors (Lipinski definition) is 4. The second kappa shape index (κ2) is 8.80. The quantitative estimate of drug-likeness (QED) is 0.716. The zero-order valence-electron chi connectivity index (χ0n) is 14.1. The Balaban J connectivity index is 2.31. The Morgan fingerprint density at radius 2 is 2.28 bits per heavy atom. The summed E-state index contributed by atoms with van der Waals surface area (Å²) in [6.07, 6.45) is -0.542. The van der Waals surface area contributed by atoms with E-state index >= 15 is 0 Å². The molecule has 0 spiro atoms. The normalized spacial score (nSPS) is 20.3. The van der Waals surface area contributed by atoms with Gasteiger partial charge in [-0.3, -0.25) is 0 Å². The fourth-order valence-corrected chi connectivity index (χ4v) is 3.23. The van der Waals surface area contributed by atoms with E-state index in [4.69, 9.17) is 21.1 Å². The molecule has 1 aromatic rings. The van der Waals surface area contributed by atoms with Crippen molar-refractivity contribution in [2.24, 2.45) is 0 Å². The predicted octanol–water partition coefficient (Wildman–Crippen LogP) is 2.86. The van der Waals surface area contributed by atoms with E-state index in [1.807, 2.05) is 0 Å². The molecule has 1 aliphatic heterocycles. The molecule has 1 heterocycles. The fraction of sp³-hybridized carbons (Fsp3) is 0.588. The molecular formula is C17H23ClFNO5. The van der Waals surface area contributed by atoms with E-state index in [-0.39, 0.29) is 36.7 Å². The van der Waals surface area contributed by atoms with E-state index in [9.17, 15) is 19.4 Å². The largest absolute Gasteiger partial charge is 0.465 e. The number of hydrogen-bond donors (Lipinski definition) is 2. The molecule has 1 amide bonds. The topological polar surface area (TPSA) is 79.2 Å².